The number of carboxylic acid groups (broad SMARTS) is 2. The Morgan fingerprint density at radius 1 is 0.710 bits per heavy atom. The molecule has 1 aromatic heterocycles. The summed E-state index contributed by atoms with van der Waals surface area (Å²) in [4.78, 5) is 22.6. The fraction of sp³-hybridized carbons (Fsp3) is 0.0909. The van der Waals surface area contributed by atoms with Crippen LogP contribution in [0.15, 0.2) is 48.5 Å². The van der Waals surface area contributed by atoms with Crippen molar-refractivity contribution >= 4 is 34.7 Å². The molecule has 4 rings (SSSR count). The third kappa shape index (κ3) is 3.55. The van der Waals surface area contributed by atoms with Crippen molar-refractivity contribution in [1.82, 2.24) is 8.75 Å². The zero-order chi connectivity index (χ0) is 22.1. The lowest BCUT2D eigenvalue weighted by molar-refractivity contribution is 0.0686. The molecule has 9 heteroatoms. The maximum Gasteiger partial charge on any atom is 0.335 e. The van der Waals surface area contributed by atoms with Crippen LogP contribution in [0.4, 0.5) is 0 Å². The first-order valence-electron chi connectivity index (χ1n) is 9.03. The summed E-state index contributed by atoms with van der Waals surface area (Å²) >= 11 is 1.04. The minimum atomic E-state index is -1.04. The highest BCUT2D eigenvalue weighted by atomic mass is 32.1. The SMILES string of the molecule is COc1cc(C(=O)O)ccc1-c1ccc(-c2ccc(C(=O)O)cc2OC)c2nsnc12. The van der Waals surface area contributed by atoms with E-state index in [1.807, 2.05) is 12.1 Å². The lowest BCUT2D eigenvalue weighted by atomic mass is 9.95. The van der Waals surface area contributed by atoms with Crippen molar-refractivity contribution in [1.29, 1.82) is 0 Å². The van der Waals surface area contributed by atoms with E-state index in [2.05, 4.69) is 8.75 Å². The van der Waals surface area contributed by atoms with Gasteiger partial charge in [-0.15, -0.1) is 0 Å². The smallest absolute Gasteiger partial charge is 0.335 e. The standard InChI is InChI=1S/C22H16N2O6S/c1-29-17-9-11(21(25)26)3-5-13(17)15-7-8-16(20-19(15)23-31-24-20)14-6-4-12(22(27)28)10-18(14)30-2/h3-10H,1-2H3,(H,25,26)(H,27,28). The molecule has 8 nitrogen and oxygen atoms in total. The topological polar surface area (TPSA) is 119 Å². The molecule has 0 unspecified atom stereocenters. The molecule has 0 saturated heterocycles. The Labute approximate surface area is 180 Å². The van der Waals surface area contributed by atoms with Crippen LogP contribution in [0.25, 0.3) is 33.3 Å². The van der Waals surface area contributed by atoms with Gasteiger partial charge < -0.3 is 19.7 Å². The monoisotopic (exact) mass is 436 g/mol. The van der Waals surface area contributed by atoms with E-state index in [1.165, 1.54) is 38.5 Å². The minimum Gasteiger partial charge on any atom is -0.496 e. The first kappa shape index (κ1) is 20.3. The van der Waals surface area contributed by atoms with Crippen molar-refractivity contribution < 1.29 is 29.3 Å². The maximum absolute atomic E-state index is 11.3. The molecule has 3 aromatic carbocycles. The van der Waals surface area contributed by atoms with Crippen LogP contribution < -0.4 is 9.47 Å². The molecule has 0 aliphatic carbocycles. The zero-order valence-corrected chi connectivity index (χ0v) is 17.3. The molecule has 0 saturated carbocycles. The van der Waals surface area contributed by atoms with E-state index in [0.29, 0.717) is 33.7 Å². The summed E-state index contributed by atoms with van der Waals surface area (Å²) in [5.41, 5.74) is 4.32. The third-order valence-corrected chi connectivity index (χ3v) is 5.42. The summed E-state index contributed by atoms with van der Waals surface area (Å²) < 4.78 is 19.7. The van der Waals surface area contributed by atoms with Gasteiger partial charge in [-0.1, -0.05) is 12.1 Å². The Morgan fingerprint density at radius 3 is 1.45 bits per heavy atom. The number of fused-ring (bicyclic) bond motifs is 1. The van der Waals surface area contributed by atoms with Crippen LogP contribution in [0, 0.1) is 0 Å². The second-order valence-electron chi connectivity index (χ2n) is 6.56. The van der Waals surface area contributed by atoms with E-state index in [-0.39, 0.29) is 11.1 Å². The van der Waals surface area contributed by atoms with E-state index in [0.717, 1.165) is 22.9 Å². The fourth-order valence-electron chi connectivity index (χ4n) is 3.39. The van der Waals surface area contributed by atoms with Crippen molar-refractivity contribution in [3.8, 4) is 33.8 Å². The average Bonchev–Trinajstić information content (AvgIpc) is 3.27. The van der Waals surface area contributed by atoms with Crippen LogP contribution in [-0.4, -0.2) is 45.1 Å². The van der Waals surface area contributed by atoms with Crippen LogP contribution in [0.3, 0.4) is 0 Å². The molecule has 156 valence electrons. The number of nitrogens with zero attached hydrogens (tertiary/aromatic N) is 2. The van der Waals surface area contributed by atoms with Gasteiger partial charge in [0.1, 0.15) is 22.5 Å². The number of rotatable bonds is 6. The van der Waals surface area contributed by atoms with Crippen LogP contribution in [0.2, 0.25) is 0 Å². The summed E-state index contributed by atoms with van der Waals surface area (Å²) in [6.45, 7) is 0. The first-order chi connectivity index (χ1) is 14.9. The normalized spacial score (nSPS) is 10.8. The first-order valence-corrected chi connectivity index (χ1v) is 9.76. The number of ether oxygens (including phenoxy) is 2. The largest absolute Gasteiger partial charge is 0.496 e. The number of benzene rings is 3. The van der Waals surface area contributed by atoms with Crippen LogP contribution in [0.5, 0.6) is 11.5 Å². The van der Waals surface area contributed by atoms with Crippen molar-refractivity contribution in [3.63, 3.8) is 0 Å². The van der Waals surface area contributed by atoms with Gasteiger partial charge in [-0.3, -0.25) is 0 Å². The summed E-state index contributed by atoms with van der Waals surface area (Å²) in [5, 5.41) is 18.5. The summed E-state index contributed by atoms with van der Waals surface area (Å²) in [7, 11) is 2.95. The lowest BCUT2D eigenvalue weighted by Gasteiger charge is -2.13. The van der Waals surface area contributed by atoms with Gasteiger partial charge in [0.2, 0.25) is 0 Å². The fourth-order valence-corrected chi connectivity index (χ4v) is 3.97. The van der Waals surface area contributed by atoms with Gasteiger partial charge in [-0.05, 0) is 36.4 Å². The molecular formula is C22H16N2O6S. The molecule has 1 heterocycles. The highest BCUT2D eigenvalue weighted by Crippen LogP contribution is 2.41. The van der Waals surface area contributed by atoms with E-state index < -0.39 is 11.9 Å². The number of methoxy groups -OCH3 is 2. The number of carboxylic acids is 2. The highest BCUT2D eigenvalue weighted by molar-refractivity contribution is 7.00. The van der Waals surface area contributed by atoms with Crippen molar-refractivity contribution in [2.24, 2.45) is 0 Å². The van der Waals surface area contributed by atoms with Gasteiger partial charge >= 0.3 is 11.9 Å². The summed E-state index contributed by atoms with van der Waals surface area (Å²) in [5.74, 6) is -1.27. The molecule has 0 aliphatic rings. The summed E-state index contributed by atoms with van der Waals surface area (Å²) in [6.07, 6.45) is 0. The molecule has 4 aromatic rings. The molecule has 2 N–H and O–H groups in total. The Bertz CT molecular complexity index is 1230. The number of hydrogen-bond donors (Lipinski definition) is 2. The third-order valence-electron chi connectivity index (χ3n) is 4.89. The number of carbonyl (C=O) groups is 2. The Balaban J connectivity index is 1.90. The van der Waals surface area contributed by atoms with E-state index in [4.69, 9.17) is 9.47 Å². The number of hydrogen-bond acceptors (Lipinski definition) is 7. The van der Waals surface area contributed by atoms with E-state index in [1.54, 1.807) is 12.1 Å². The molecule has 0 spiro atoms. The van der Waals surface area contributed by atoms with Crippen LogP contribution in [0.1, 0.15) is 20.7 Å². The van der Waals surface area contributed by atoms with Gasteiger partial charge in [0.15, 0.2) is 0 Å². The predicted molar refractivity (Wildman–Crippen MR) is 115 cm³/mol. The molecule has 0 amide bonds. The predicted octanol–water partition coefficient (Wildman–Crippen LogP) is 4.44. The lowest BCUT2D eigenvalue weighted by Crippen LogP contribution is -1.99. The number of aromatic carboxylic acids is 2. The molecule has 0 radical (unpaired) electrons. The molecule has 0 fully saturated rings. The molecular weight excluding hydrogens is 420 g/mol. The second-order valence-corrected chi connectivity index (χ2v) is 7.09. The van der Waals surface area contributed by atoms with Gasteiger partial charge in [-0.25, -0.2) is 9.59 Å². The van der Waals surface area contributed by atoms with Gasteiger partial charge in [0, 0.05) is 22.3 Å². The molecule has 0 bridgehead atoms. The quantitative estimate of drug-likeness (QED) is 0.455. The Morgan fingerprint density at radius 2 is 1.10 bits per heavy atom. The zero-order valence-electron chi connectivity index (χ0n) is 16.4. The van der Waals surface area contributed by atoms with Crippen molar-refractivity contribution in [3.05, 3.63) is 59.7 Å². The Hall–Kier alpha value is -3.98. The molecule has 0 aliphatic heterocycles. The molecule has 31 heavy (non-hydrogen) atoms. The summed E-state index contributed by atoms with van der Waals surface area (Å²) in [6, 6.07) is 13.0. The average molecular weight is 436 g/mol. The van der Waals surface area contributed by atoms with Crippen LogP contribution in [-0.2, 0) is 0 Å². The highest BCUT2D eigenvalue weighted by Gasteiger charge is 2.19. The number of aromatic nitrogens is 2. The maximum atomic E-state index is 11.3. The minimum absolute atomic E-state index is 0.119. The Kier molecular flexibility index (Phi) is 5.26. The van der Waals surface area contributed by atoms with E-state index in [9.17, 15) is 19.8 Å². The van der Waals surface area contributed by atoms with Crippen LogP contribution >= 0.6 is 11.7 Å². The van der Waals surface area contributed by atoms with Gasteiger partial charge in [0.25, 0.3) is 0 Å². The van der Waals surface area contributed by atoms with Gasteiger partial charge in [-0.2, -0.15) is 8.75 Å². The van der Waals surface area contributed by atoms with Gasteiger partial charge in [0.05, 0.1) is 37.1 Å². The van der Waals surface area contributed by atoms with E-state index >= 15 is 0 Å². The molecule has 0 atom stereocenters. The van der Waals surface area contributed by atoms with Crippen molar-refractivity contribution in [2.45, 2.75) is 0 Å². The van der Waals surface area contributed by atoms with Crippen molar-refractivity contribution in [2.75, 3.05) is 14.2 Å². The second kappa shape index (κ2) is 8.04.